The van der Waals surface area contributed by atoms with Crippen molar-refractivity contribution >= 4 is 12.1 Å². The van der Waals surface area contributed by atoms with Crippen molar-refractivity contribution in [1.82, 2.24) is 19.9 Å². The van der Waals surface area contributed by atoms with E-state index in [2.05, 4.69) is 19.9 Å². The topological polar surface area (TPSA) is 94.4 Å². The van der Waals surface area contributed by atoms with Crippen LogP contribution in [0.1, 0.15) is 39.1 Å². The van der Waals surface area contributed by atoms with Crippen molar-refractivity contribution in [2.45, 2.75) is 26.2 Å². The lowest BCUT2D eigenvalue weighted by molar-refractivity contribution is 0.571. The summed E-state index contributed by atoms with van der Waals surface area (Å²) >= 11 is 0. The van der Waals surface area contributed by atoms with Crippen LogP contribution in [0.5, 0.6) is 0 Å². The molecule has 0 saturated heterocycles. The van der Waals surface area contributed by atoms with E-state index in [1.165, 1.54) is 6.33 Å². The predicted octanol–water partition coefficient (Wildman–Crippen LogP) is 0.741. The Morgan fingerprint density at radius 1 is 1.04 bits per heavy atom. The maximum Gasteiger partial charge on any atom is 0.272 e. The van der Waals surface area contributed by atoms with Crippen LogP contribution in [0.15, 0.2) is 46.2 Å². The van der Waals surface area contributed by atoms with Crippen LogP contribution in [-0.2, 0) is 5.41 Å². The lowest BCUT2D eigenvalue weighted by Crippen LogP contribution is -2.46. The molecule has 0 bridgehead atoms. The molecule has 25 heavy (non-hydrogen) atoms. The number of rotatable bonds is 2. The summed E-state index contributed by atoms with van der Waals surface area (Å²) in [5, 5.41) is 0.0219. The van der Waals surface area contributed by atoms with E-state index in [0.29, 0.717) is 5.69 Å². The number of imidazole rings is 1. The molecular formula is C19H20N4O2. The third-order valence-corrected chi connectivity index (χ3v) is 3.70. The normalized spacial score (nSPS) is 14.4. The zero-order valence-electron chi connectivity index (χ0n) is 15.3. The van der Waals surface area contributed by atoms with E-state index in [1.54, 1.807) is 6.08 Å². The minimum atomic E-state index is -0.542. The van der Waals surface area contributed by atoms with Gasteiger partial charge in [-0.15, -0.1) is 0 Å². The Balaban J connectivity index is 2.23. The first-order valence-corrected chi connectivity index (χ1v) is 7.92. The van der Waals surface area contributed by atoms with Gasteiger partial charge in [0.15, 0.2) is 0 Å². The van der Waals surface area contributed by atoms with Gasteiger partial charge in [0.25, 0.3) is 11.1 Å². The number of nitrogens with zero attached hydrogens (tertiary/aromatic N) is 1. The first-order chi connectivity index (χ1) is 12.3. The number of hydrogen-bond acceptors (Lipinski definition) is 3. The van der Waals surface area contributed by atoms with Crippen LogP contribution in [0.3, 0.4) is 0 Å². The van der Waals surface area contributed by atoms with Gasteiger partial charge in [-0.25, -0.2) is 4.98 Å². The van der Waals surface area contributed by atoms with Gasteiger partial charge in [0.2, 0.25) is 0 Å². The van der Waals surface area contributed by atoms with Crippen LogP contribution >= 0.6 is 0 Å². The van der Waals surface area contributed by atoms with E-state index >= 15 is 0 Å². The molecule has 0 fully saturated rings. The standard InChI is InChI=1S/C19H20N4O2/c1-19(2,3)16-13(20-11-21-16)10-15-18(25)22-14(17(24)23-15)9-12-7-5-4-6-8-12/h4-11H,1-3H3,(H,20,21)(H,22,25)(H,23,24)/b14-9?,15-10-/i10D. The average molecular weight is 337 g/mol. The molecule has 0 aliphatic carbocycles. The van der Waals surface area contributed by atoms with Gasteiger partial charge in [-0.2, -0.15) is 0 Å². The molecule has 1 aromatic carbocycles. The molecule has 2 heterocycles. The molecule has 0 amide bonds. The van der Waals surface area contributed by atoms with Crippen molar-refractivity contribution in [2.75, 3.05) is 0 Å². The lowest BCUT2D eigenvalue weighted by Gasteiger charge is -2.16. The minimum Gasteiger partial charge on any atom is -0.348 e. The van der Waals surface area contributed by atoms with E-state index in [0.717, 1.165) is 11.3 Å². The predicted molar refractivity (Wildman–Crippen MR) is 97.8 cm³/mol. The molecule has 0 spiro atoms. The van der Waals surface area contributed by atoms with Crippen molar-refractivity contribution < 1.29 is 1.37 Å². The zero-order valence-corrected chi connectivity index (χ0v) is 14.3. The Kier molecular flexibility index (Phi) is 3.93. The quantitative estimate of drug-likeness (QED) is 0.644. The van der Waals surface area contributed by atoms with Gasteiger partial charge in [-0.1, -0.05) is 51.1 Å². The van der Waals surface area contributed by atoms with Gasteiger partial charge in [0, 0.05) is 11.1 Å². The van der Waals surface area contributed by atoms with Crippen molar-refractivity contribution in [1.29, 1.82) is 0 Å². The van der Waals surface area contributed by atoms with Crippen molar-refractivity contribution in [3.8, 4) is 0 Å². The van der Waals surface area contributed by atoms with Crippen LogP contribution in [0.25, 0.3) is 12.1 Å². The molecule has 128 valence electrons. The second-order valence-electron chi connectivity index (χ2n) is 6.75. The largest absolute Gasteiger partial charge is 0.348 e. The fraction of sp³-hybridized carbons (Fsp3) is 0.211. The van der Waals surface area contributed by atoms with Gasteiger partial charge in [0.1, 0.15) is 10.7 Å². The smallest absolute Gasteiger partial charge is 0.272 e. The molecule has 0 radical (unpaired) electrons. The Morgan fingerprint density at radius 3 is 2.36 bits per heavy atom. The number of aromatic nitrogens is 4. The summed E-state index contributed by atoms with van der Waals surface area (Å²) in [6.07, 6.45) is 3.07. The highest BCUT2D eigenvalue weighted by Gasteiger charge is 2.19. The lowest BCUT2D eigenvalue weighted by atomic mass is 9.90. The van der Waals surface area contributed by atoms with Gasteiger partial charge in [-0.3, -0.25) is 9.59 Å². The highest BCUT2D eigenvalue weighted by molar-refractivity contribution is 5.49. The highest BCUT2D eigenvalue weighted by atomic mass is 16.1. The van der Waals surface area contributed by atoms with E-state index < -0.39 is 11.1 Å². The molecule has 0 atom stereocenters. The zero-order chi connectivity index (χ0) is 18.9. The summed E-state index contributed by atoms with van der Waals surface area (Å²) < 4.78 is 8.35. The van der Waals surface area contributed by atoms with Gasteiger partial charge in [-0.05, 0) is 17.7 Å². The van der Waals surface area contributed by atoms with Crippen LogP contribution in [0.4, 0.5) is 0 Å². The molecule has 6 nitrogen and oxygen atoms in total. The molecule has 0 aliphatic rings. The summed E-state index contributed by atoms with van der Waals surface area (Å²) in [7, 11) is 0. The van der Waals surface area contributed by atoms with E-state index in [9.17, 15) is 9.59 Å². The molecule has 6 heteroatoms. The summed E-state index contributed by atoms with van der Waals surface area (Å²) in [6, 6.07) is 9.08. The van der Waals surface area contributed by atoms with Gasteiger partial charge >= 0.3 is 0 Å². The number of H-pyrrole nitrogens is 3. The van der Waals surface area contributed by atoms with E-state index in [1.807, 2.05) is 51.1 Å². The Labute approximate surface area is 145 Å². The second-order valence-corrected chi connectivity index (χ2v) is 6.75. The van der Waals surface area contributed by atoms with Crippen LogP contribution in [0.2, 0.25) is 0 Å². The molecule has 3 aromatic rings. The average Bonchev–Trinajstić information content (AvgIpc) is 3.08. The van der Waals surface area contributed by atoms with Crippen LogP contribution < -0.4 is 21.8 Å². The molecule has 2 aromatic heterocycles. The van der Waals surface area contributed by atoms with E-state index in [4.69, 9.17) is 1.37 Å². The highest BCUT2D eigenvalue weighted by Crippen LogP contribution is 2.22. The summed E-state index contributed by atoms with van der Waals surface area (Å²) in [4.78, 5) is 37.1. The number of hydrogen-bond donors (Lipinski definition) is 3. The van der Waals surface area contributed by atoms with Gasteiger partial charge < -0.3 is 15.0 Å². The molecule has 3 N–H and O–H groups in total. The second kappa shape index (κ2) is 6.39. The monoisotopic (exact) mass is 337 g/mol. The van der Waals surface area contributed by atoms with Crippen LogP contribution in [0, 0.1) is 0 Å². The molecule has 0 saturated carbocycles. The number of aromatic amines is 3. The summed E-state index contributed by atoms with van der Waals surface area (Å²) in [6.45, 7) is 5.92. The fourth-order valence-corrected chi connectivity index (χ4v) is 2.46. The molecule has 3 rings (SSSR count). The maximum absolute atomic E-state index is 12.5. The molecule has 0 unspecified atom stereocenters. The molecular weight excluding hydrogens is 316 g/mol. The summed E-state index contributed by atoms with van der Waals surface area (Å²) in [5.74, 6) is 0. The van der Waals surface area contributed by atoms with Crippen LogP contribution in [-0.4, -0.2) is 19.9 Å². The van der Waals surface area contributed by atoms with Crippen molar-refractivity contribution in [3.05, 3.63) is 85.0 Å². The SMILES string of the molecule is [2H]/C(c1nc[nH]c1C(C)(C)C)=c1/[nH]c(=O)c(=Cc2ccccc2)[nH]c1=O. The Morgan fingerprint density at radius 2 is 1.68 bits per heavy atom. The van der Waals surface area contributed by atoms with Crippen molar-refractivity contribution in [2.24, 2.45) is 0 Å². The first kappa shape index (κ1) is 15.4. The van der Waals surface area contributed by atoms with E-state index in [-0.39, 0.29) is 22.2 Å². The number of benzene rings is 1. The van der Waals surface area contributed by atoms with Crippen molar-refractivity contribution in [3.63, 3.8) is 0 Å². The maximum atomic E-state index is 12.5. The third-order valence-electron chi connectivity index (χ3n) is 3.70. The first-order valence-electron chi connectivity index (χ1n) is 8.42. The fourth-order valence-electron chi connectivity index (χ4n) is 2.46. The Bertz CT molecular complexity index is 1160. The minimum absolute atomic E-state index is 0.113. The summed E-state index contributed by atoms with van der Waals surface area (Å²) in [5.41, 5.74) is 0.562. The number of nitrogens with one attached hydrogen (secondary N) is 3. The molecule has 0 aliphatic heterocycles. The van der Waals surface area contributed by atoms with Gasteiger partial charge in [0.05, 0.1) is 13.4 Å². The Hall–Kier alpha value is -3.15. The third kappa shape index (κ3) is 3.68.